The molecule has 8 heteroatoms. The van der Waals surface area contributed by atoms with Crippen molar-refractivity contribution in [2.45, 2.75) is 52.0 Å². The number of fused-ring (bicyclic) bond motifs is 1. The number of benzene rings is 1. The van der Waals surface area contributed by atoms with Gasteiger partial charge in [0.15, 0.2) is 0 Å². The Bertz CT molecular complexity index is 1250. The zero-order valence-corrected chi connectivity index (χ0v) is 18.8. The monoisotopic (exact) mass is 445 g/mol. The normalized spacial score (nSPS) is 12.1. The number of nitrogens with zero attached hydrogens (tertiary/aromatic N) is 3. The lowest BCUT2D eigenvalue weighted by atomic mass is 10.1. The maximum Gasteiger partial charge on any atom is 0.263 e. The maximum atomic E-state index is 12.0. The summed E-state index contributed by atoms with van der Waals surface area (Å²) < 4.78 is 5.04. The number of pyridine rings is 1. The third-order valence-corrected chi connectivity index (χ3v) is 5.51. The standard InChI is InChI=1S/C25H27N5O3/c1-16-8-9-18-14-19(10-11-20(18)28-16)22-15-27-24(30-22)21(29-17(2)31)6-4-3-5-7-23(32)25-26-12-13-33-25/h8-15,21H,3-7H2,1-2H3,(H,27,30)(H,29,31)/t21-/m0/s1. The zero-order chi connectivity index (χ0) is 23.2. The fourth-order valence-corrected chi connectivity index (χ4v) is 3.86. The Morgan fingerprint density at radius 3 is 2.79 bits per heavy atom. The molecule has 0 saturated carbocycles. The summed E-state index contributed by atoms with van der Waals surface area (Å²) in [6, 6.07) is 9.94. The van der Waals surface area contributed by atoms with Crippen LogP contribution in [-0.4, -0.2) is 31.6 Å². The number of hydrogen-bond acceptors (Lipinski definition) is 6. The molecule has 3 aromatic heterocycles. The number of hydrogen-bond donors (Lipinski definition) is 2. The van der Waals surface area contributed by atoms with Crippen LogP contribution in [0, 0.1) is 6.92 Å². The Morgan fingerprint density at radius 2 is 2.00 bits per heavy atom. The number of nitrogens with one attached hydrogen (secondary N) is 2. The molecule has 0 aliphatic heterocycles. The Kier molecular flexibility index (Phi) is 6.92. The number of aryl methyl sites for hydroxylation is 1. The van der Waals surface area contributed by atoms with Gasteiger partial charge in [-0.15, -0.1) is 0 Å². The number of oxazole rings is 1. The number of aromatic amines is 1. The number of amides is 1. The third-order valence-electron chi connectivity index (χ3n) is 5.51. The number of carbonyl (C=O) groups is 2. The molecule has 0 fully saturated rings. The predicted molar refractivity (Wildman–Crippen MR) is 125 cm³/mol. The van der Waals surface area contributed by atoms with Gasteiger partial charge in [-0.25, -0.2) is 9.97 Å². The molecule has 0 aliphatic carbocycles. The number of aromatic nitrogens is 4. The minimum Gasteiger partial charge on any atom is -0.442 e. The topological polar surface area (TPSA) is 114 Å². The van der Waals surface area contributed by atoms with Crippen LogP contribution in [0.1, 0.15) is 67.3 Å². The zero-order valence-electron chi connectivity index (χ0n) is 18.8. The average molecular weight is 446 g/mol. The van der Waals surface area contributed by atoms with Crippen molar-refractivity contribution >= 4 is 22.6 Å². The summed E-state index contributed by atoms with van der Waals surface area (Å²) in [5.41, 5.74) is 3.84. The summed E-state index contributed by atoms with van der Waals surface area (Å²) in [5.74, 6) is 0.686. The van der Waals surface area contributed by atoms with E-state index in [9.17, 15) is 9.59 Å². The van der Waals surface area contributed by atoms with Crippen LogP contribution < -0.4 is 5.32 Å². The number of Topliss-reactive ketones (excluding diaryl/α,β-unsaturated/α-hetero) is 1. The first kappa shape index (κ1) is 22.4. The second-order valence-corrected chi connectivity index (χ2v) is 8.16. The van der Waals surface area contributed by atoms with Crippen molar-refractivity contribution < 1.29 is 14.0 Å². The van der Waals surface area contributed by atoms with Crippen molar-refractivity contribution in [1.82, 2.24) is 25.3 Å². The van der Waals surface area contributed by atoms with E-state index < -0.39 is 0 Å². The molecule has 2 N–H and O–H groups in total. The van der Waals surface area contributed by atoms with E-state index in [1.54, 1.807) is 6.20 Å². The molecule has 1 amide bonds. The van der Waals surface area contributed by atoms with Gasteiger partial charge in [0.25, 0.3) is 5.89 Å². The van der Waals surface area contributed by atoms with Crippen molar-refractivity contribution in [3.8, 4) is 11.3 Å². The van der Waals surface area contributed by atoms with Gasteiger partial charge in [-0.3, -0.25) is 14.6 Å². The number of unbranched alkanes of at least 4 members (excludes halogenated alkanes) is 2. The molecule has 0 bridgehead atoms. The van der Waals surface area contributed by atoms with Gasteiger partial charge in [0.2, 0.25) is 11.7 Å². The summed E-state index contributed by atoms with van der Waals surface area (Å²) in [6.45, 7) is 3.48. The molecule has 1 atom stereocenters. The molecular formula is C25H27N5O3. The molecule has 0 radical (unpaired) electrons. The largest absolute Gasteiger partial charge is 0.442 e. The number of rotatable bonds is 10. The summed E-state index contributed by atoms with van der Waals surface area (Å²) in [7, 11) is 0. The third kappa shape index (κ3) is 5.71. The molecule has 4 aromatic rings. The van der Waals surface area contributed by atoms with Crippen molar-refractivity contribution in [1.29, 1.82) is 0 Å². The lowest BCUT2D eigenvalue weighted by molar-refractivity contribution is -0.119. The Hall–Kier alpha value is -3.81. The summed E-state index contributed by atoms with van der Waals surface area (Å²) >= 11 is 0. The van der Waals surface area contributed by atoms with Gasteiger partial charge in [-0.2, -0.15) is 0 Å². The Balaban J connectivity index is 1.38. The summed E-state index contributed by atoms with van der Waals surface area (Å²) in [6.07, 6.45) is 8.22. The van der Waals surface area contributed by atoms with Gasteiger partial charge >= 0.3 is 0 Å². The fraction of sp³-hybridized carbons (Fsp3) is 0.320. The van der Waals surface area contributed by atoms with Crippen LogP contribution in [0.3, 0.4) is 0 Å². The van der Waals surface area contributed by atoms with Crippen molar-refractivity contribution in [2.24, 2.45) is 0 Å². The molecule has 8 nitrogen and oxygen atoms in total. The minimum atomic E-state index is -0.219. The smallest absolute Gasteiger partial charge is 0.263 e. The molecule has 3 heterocycles. The van der Waals surface area contributed by atoms with Crippen LogP contribution in [-0.2, 0) is 4.79 Å². The number of imidazole rings is 1. The molecule has 33 heavy (non-hydrogen) atoms. The molecule has 170 valence electrons. The van der Waals surface area contributed by atoms with Crippen LogP contribution >= 0.6 is 0 Å². The Morgan fingerprint density at radius 1 is 1.12 bits per heavy atom. The van der Waals surface area contributed by atoms with Crippen molar-refractivity contribution in [2.75, 3.05) is 0 Å². The first-order valence-corrected chi connectivity index (χ1v) is 11.1. The molecule has 4 rings (SSSR count). The highest BCUT2D eigenvalue weighted by Crippen LogP contribution is 2.25. The van der Waals surface area contributed by atoms with Crippen LogP contribution in [0.25, 0.3) is 22.2 Å². The minimum absolute atomic E-state index is 0.0881. The quantitative estimate of drug-likeness (QED) is 0.264. The van der Waals surface area contributed by atoms with E-state index in [0.29, 0.717) is 6.42 Å². The van der Waals surface area contributed by atoms with E-state index in [1.807, 2.05) is 25.1 Å². The van der Waals surface area contributed by atoms with Crippen molar-refractivity contribution in [3.05, 3.63) is 66.4 Å². The second-order valence-electron chi connectivity index (χ2n) is 8.16. The summed E-state index contributed by atoms with van der Waals surface area (Å²) in [4.78, 5) is 40.1. The van der Waals surface area contributed by atoms with Crippen LogP contribution in [0.5, 0.6) is 0 Å². The van der Waals surface area contributed by atoms with Gasteiger partial charge in [-0.05, 0) is 38.0 Å². The van der Waals surface area contributed by atoms with Crippen LogP contribution in [0.2, 0.25) is 0 Å². The fourth-order valence-electron chi connectivity index (χ4n) is 3.86. The van der Waals surface area contributed by atoms with E-state index >= 15 is 0 Å². The van der Waals surface area contributed by atoms with Gasteiger partial charge < -0.3 is 14.7 Å². The van der Waals surface area contributed by atoms with Crippen molar-refractivity contribution in [3.63, 3.8) is 0 Å². The second kappa shape index (κ2) is 10.2. The van der Waals surface area contributed by atoms with E-state index in [4.69, 9.17) is 4.42 Å². The van der Waals surface area contributed by atoms with Crippen LogP contribution in [0.4, 0.5) is 0 Å². The van der Waals surface area contributed by atoms with Crippen LogP contribution in [0.15, 0.2) is 53.4 Å². The first-order chi connectivity index (χ1) is 16.0. The SMILES string of the molecule is CC(=O)N[C@@H](CCCCCC(=O)c1ncco1)c1ncc(-c2ccc3nc(C)ccc3c2)[nH]1. The van der Waals surface area contributed by atoms with E-state index in [-0.39, 0.29) is 23.6 Å². The number of ketones is 1. The van der Waals surface area contributed by atoms with E-state index in [0.717, 1.165) is 59.4 Å². The molecule has 0 saturated heterocycles. The number of H-pyrrole nitrogens is 1. The van der Waals surface area contributed by atoms with Gasteiger partial charge in [0.05, 0.1) is 29.6 Å². The summed E-state index contributed by atoms with van der Waals surface area (Å²) in [5, 5.41) is 4.05. The lowest BCUT2D eigenvalue weighted by Gasteiger charge is -2.15. The van der Waals surface area contributed by atoms with Gasteiger partial charge in [0.1, 0.15) is 12.1 Å². The predicted octanol–water partition coefficient (Wildman–Crippen LogP) is 4.93. The average Bonchev–Trinajstić information content (AvgIpc) is 3.50. The molecule has 0 spiro atoms. The lowest BCUT2D eigenvalue weighted by Crippen LogP contribution is -2.26. The highest BCUT2D eigenvalue weighted by atomic mass is 16.3. The highest BCUT2D eigenvalue weighted by molar-refractivity contribution is 5.91. The molecule has 0 unspecified atom stereocenters. The van der Waals surface area contributed by atoms with Gasteiger partial charge in [-0.1, -0.05) is 25.0 Å². The molecule has 1 aromatic carbocycles. The Labute approximate surface area is 191 Å². The maximum absolute atomic E-state index is 12.0. The molecule has 0 aliphatic rings. The molecular weight excluding hydrogens is 418 g/mol. The highest BCUT2D eigenvalue weighted by Gasteiger charge is 2.17. The van der Waals surface area contributed by atoms with E-state index in [1.165, 1.54) is 19.4 Å². The van der Waals surface area contributed by atoms with Gasteiger partial charge in [0, 0.05) is 30.0 Å². The first-order valence-electron chi connectivity index (χ1n) is 11.1. The number of carbonyl (C=O) groups excluding carboxylic acids is 2. The van der Waals surface area contributed by atoms with E-state index in [2.05, 4.69) is 37.4 Å².